The average Bonchev–Trinajstić information content (AvgIpc) is 3.07. The normalized spacial score (nSPS) is 13.1. The second-order valence-corrected chi connectivity index (χ2v) is 8.46. The number of carbonyl (C=O) groups excluding carboxylic acids is 1. The van der Waals surface area contributed by atoms with Crippen LogP contribution < -0.4 is 5.32 Å². The molecule has 1 N–H and O–H groups in total. The molecular formula is C22H24N2O3S. The maximum absolute atomic E-state index is 12.7. The monoisotopic (exact) mass is 396 g/mol. The summed E-state index contributed by atoms with van der Waals surface area (Å²) in [4.78, 5) is 16.9. The van der Waals surface area contributed by atoms with Gasteiger partial charge in [0.05, 0.1) is 11.4 Å². The number of amides is 1. The van der Waals surface area contributed by atoms with E-state index in [0.717, 1.165) is 16.7 Å². The molecule has 0 fully saturated rings. The van der Waals surface area contributed by atoms with Gasteiger partial charge in [0.2, 0.25) is 11.8 Å². The summed E-state index contributed by atoms with van der Waals surface area (Å²) >= 11 is 0. The third-order valence-electron chi connectivity index (χ3n) is 4.67. The van der Waals surface area contributed by atoms with Gasteiger partial charge in [-0.2, -0.15) is 0 Å². The minimum Gasteiger partial charge on any atom is -0.441 e. The molecule has 0 radical (unpaired) electrons. The first-order valence-electron chi connectivity index (χ1n) is 9.17. The highest BCUT2D eigenvalue weighted by molar-refractivity contribution is 7.85. The van der Waals surface area contributed by atoms with Gasteiger partial charge >= 0.3 is 0 Å². The van der Waals surface area contributed by atoms with Crippen molar-refractivity contribution in [1.82, 2.24) is 10.3 Å². The van der Waals surface area contributed by atoms with E-state index in [1.165, 1.54) is 0 Å². The summed E-state index contributed by atoms with van der Waals surface area (Å²) in [6.07, 6.45) is 0. The van der Waals surface area contributed by atoms with Crippen LogP contribution in [-0.4, -0.2) is 20.3 Å². The van der Waals surface area contributed by atoms with Gasteiger partial charge in [-0.1, -0.05) is 42.5 Å². The molecule has 2 atom stereocenters. The molecule has 6 heteroatoms. The predicted molar refractivity (Wildman–Crippen MR) is 111 cm³/mol. The van der Waals surface area contributed by atoms with Crippen LogP contribution in [0.25, 0.3) is 11.5 Å². The van der Waals surface area contributed by atoms with Crippen molar-refractivity contribution in [3.8, 4) is 11.5 Å². The second kappa shape index (κ2) is 8.97. The molecule has 5 nitrogen and oxygen atoms in total. The van der Waals surface area contributed by atoms with E-state index >= 15 is 0 Å². The molecule has 0 spiro atoms. The number of aromatic nitrogens is 1. The van der Waals surface area contributed by atoms with Crippen LogP contribution in [0.4, 0.5) is 0 Å². The molecule has 0 aliphatic rings. The van der Waals surface area contributed by atoms with E-state index < -0.39 is 16.0 Å². The quantitative estimate of drug-likeness (QED) is 0.657. The van der Waals surface area contributed by atoms with Crippen molar-refractivity contribution in [3.05, 3.63) is 77.2 Å². The molecule has 0 saturated heterocycles. The van der Waals surface area contributed by atoms with E-state index in [-0.39, 0.29) is 11.7 Å². The van der Waals surface area contributed by atoms with Crippen molar-refractivity contribution in [2.24, 2.45) is 0 Å². The molecule has 28 heavy (non-hydrogen) atoms. The first kappa shape index (κ1) is 20.0. The molecule has 1 aromatic heterocycles. The van der Waals surface area contributed by atoms with E-state index in [1.807, 2.05) is 61.5 Å². The lowest BCUT2D eigenvalue weighted by Crippen LogP contribution is -2.35. The molecule has 3 rings (SSSR count). The third-order valence-corrected chi connectivity index (χ3v) is 6.23. The van der Waals surface area contributed by atoms with Gasteiger partial charge in [-0.25, -0.2) is 4.98 Å². The summed E-state index contributed by atoms with van der Waals surface area (Å²) in [6.45, 7) is 5.90. The van der Waals surface area contributed by atoms with Gasteiger partial charge in [0.15, 0.2) is 0 Å². The van der Waals surface area contributed by atoms with Crippen molar-refractivity contribution in [2.75, 3.05) is 0 Å². The number of benzene rings is 2. The number of nitrogens with one attached hydrogen (secondary N) is 1. The summed E-state index contributed by atoms with van der Waals surface area (Å²) in [5, 5.41) is 2.24. The number of hydrogen-bond donors (Lipinski definition) is 1. The molecular weight excluding hydrogens is 372 g/mol. The Bertz CT molecular complexity index is 982. The summed E-state index contributed by atoms with van der Waals surface area (Å²) < 4.78 is 18.4. The van der Waals surface area contributed by atoms with Crippen LogP contribution in [0.2, 0.25) is 0 Å². The molecule has 2 unspecified atom stereocenters. The summed E-state index contributed by atoms with van der Waals surface area (Å²) in [6, 6.07) is 17.4. The lowest BCUT2D eigenvalue weighted by atomic mass is 10.1. The molecule has 2 aromatic carbocycles. The minimum atomic E-state index is -1.40. The van der Waals surface area contributed by atoms with Gasteiger partial charge in [0, 0.05) is 22.9 Å². The third kappa shape index (κ3) is 4.75. The molecule has 146 valence electrons. The van der Waals surface area contributed by atoms with Crippen LogP contribution in [-0.2, 0) is 27.9 Å². The average molecular weight is 397 g/mol. The van der Waals surface area contributed by atoms with Gasteiger partial charge < -0.3 is 9.73 Å². The first-order valence-corrected chi connectivity index (χ1v) is 10.5. The maximum Gasteiger partial charge on any atom is 0.235 e. The Morgan fingerprint density at radius 1 is 1.11 bits per heavy atom. The van der Waals surface area contributed by atoms with E-state index in [4.69, 9.17) is 4.42 Å². The van der Waals surface area contributed by atoms with Crippen LogP contribution in [0.15, 0.2) is 59.0 Å². The Kier molecular flexibility index (Phi) is 6.41. The first-order chi connectivity index (χ1) is 13.5. The highest BCUT2D eigenvalue weighted by Gasteiger charge is 2.23. The fraction of sp³-hybridized carbons (Fsp3) is 0.273. The zero-order valence-electron chi connectivity index (χ0n) is 16.3. The summed E-state index contributed by atoms with van der Waals surface area (Å²) in [7, 11) is -1.40. The lowest BCUT2D eigenvalue weighted by Gasteiger charge is -2.12. The van der Waals surface area contributed by atoms with Crippen molar-refractivity contribution in [1.29, 1.82) is 0 Å². The van der Waals surface area contributed by atoms with Gasteiger partial charge in [-0.3, -0.25) is 9.00 Å². The van der Waals surface area contributed by atoms with Crippen LogP contribution in [0.1, 0.15) is 29.5 Å². The van der Waals surface area contributed by atoms with Crippen molar-refractivity contribution < 1.29 is 13.4 Å². The smallest absolute Gasteiger partial charge is 0.235 e. The second-order valence-electron chi connectivity index (χ2n) is 6.70. The Morgan fingerprint density at radius 2 is 1.79 bits per heavy atom. The van der Waals surface area contributed by atoms with Crippen LogP contribution >= 0.6 is 0 Å². The van der Waals surface area contributed by atoms with Crippen LogP contribution in [0, 0.1) is 13.8 Å². The standard InChI is InChI=1S/C22H24N2O3S/c1-15-9-7-8-12-19(15)13-23-21(25)17(3)28(26)14-20-16(2)27-22(24-20)18-10-5-4-6-11-18/h4-12,17H,13-14H2,1-3H3,(H,23,25). The van der Waals surface area contributed by atoms with E-state index in [2.05, 4.69) is 10.3 Å². The molecule has 1 amide bonds. The molecule has 0 aliphatic carbocycles. The predicted octanol–water partition coefficient (Wildman–Crippen LogP) is 3.91. The maximum atomic E-state index is 12.7. The number of hydrogen-bond acceptors (Lipinski definition) is 4. The number of oxazole rings is 1. The zero-order chi connectivity index (χ0) is 20.1. The lowest BCUT2D eigenvalue weighted by molar-refractivity contribution is -0.120. The van der Waals surface area contributed by atoms with Crippen molar-refractivity contribution in [2.45, 2.75) is 38.3 Å². The van der Waals surface area contributed by atoms with E-state index in [1.54, 1.807) is 13.8 Å². The largest absolute Gasteiger partial charge is 0.441 e. The van der Waals surface area contributed by atoms with Crippen molar-refractivity contribution in [3.63, 3.8) is 0 Å². The Balaban J connectivity index is 1.62. The number of aryl methyl sites for hydroxylation is 2. The zero-order valence-corrected chi connectivity index (χ0v) is 17.1. The molecule has 0 saturated carbocycles. The highest BCUT2D eigenvalue weighted by atomic mass is 32.2. The van der Waals surface area contributed by atoms with Gasteiger partial charge in [-0.05, 0) is 44.0 Å². The highest BCUT2D eigenvalue weighted by Crippen LogP contribution is 2.22. The fourth-order valence-electron chi connectivity index (χ4n) is 2.78. The SMILES string of the molecule is Cc1ccccc1CNC(=O)C(C)S(=O)Cc1nc(-c2ccccc2)oc1C. The van der Waals surface area contributed by atoms with E-state index in [0.29, 0.717) is 23.9 Å². The molecule has 3 aromatic rings. The fourth-order valence-corrected chi connectivity index (χ4v) is 3.89. The number of carbonyl (C=O) groups is 1. The van der Waals surface area contributed by atoms with Gasteiger partial charge in [-0.15, -0.1) is 0 Å². The molecule has 1 heterocycles. The van der Waals surface area contributed by atoms with Gasteiger partial charge in [0.25, 0.3) is 0 Å². The van der Waals surface area contributed by atoms with Gasteiger partial charge in [0.1, 0.15) is 11.0 Å². The molecule has 0 bridgehead atoms. The topological polar surface area (TPSA) is 72.2 Å². The Labute approximate surface area is 167 Å². The summed E-state index contributed by atoms with van der Waals surface area (Å²) in [5.74, 6) is 1.08. The van der Waals surface area contributed by atoms with Crippen LogP contribution in [0.5, 0.6) is 0 Å². The summed E-state index contributed by atoms with van der Waals surface area (Å²) in [5.41, 5.74) is 3.65. The Morgan fingerprint density at radius 3 is 2.50 bits per heavy atom. The Hall–Kier alpha value is -2.73. The minimum absolute atomic E-state index is 0.182. The van der Waals surface area contributed by atoms with Crippen molar-refractivity contribution >= 4 is 16.7 Å². The van der Waals surface area contributed by atoms with Crippen LogP contribution in [0.3, 0.4) is 0 Å². The number of nitrogens with zero attached hydrogens (tertiary/aromatic N) is 1. The van der Waals surface area contributed by atoms with E-state index in [9.17, 15) is 9.00 Å². The molecule has 0 aliphatic heterocycles. The number of rotatable bonds is 7.